The molecule has 0 unspecified atom stereocenters. The van der Waals surface area contributed by atoms with E-state index in [0.717, 1.165) is 0 Å². The van der Waals surface area contributed by atoms with Crippen molar-refractivity contribution in [2.45, 2.75) is 0 Å². The van der Waals surface area contributed by atoms with Crippen LogP contribution < -0.4 is 4.74 Å². The molecule has 0 amide bonds. The predicted molar refractivity (Wildman–Crippen MR) is 77.3 cm³/mol. The number of carbonyl (C=O) groups excluding carboxylic acids is 1. The van der Waals surface area contributed by atoms with Crippen LogP contribution in [-0.2, 0) is 0 Å². The summed E-state index contributed by atoms with van der Waals surface area (Å²) in [7, 11) is 1.53. The van der Waals surface area contributed by atoms with Crippen molar-refractivity contribution in [2.24, 2.45) is 0 Å². The molecule has 0 saturated heterocycles. The molecule has 0 aromatic heterocycles. The Morgan fingerprint density at radius 2 is 1.95 bits per heavy atom. The van der Waals surface area contributed by atoms with Crippen molar-refractivity contribution in [3.8, 4) is 11.8 Å². The zero-order chi connectivity index (χ0) is 15.2. The Kier molecular flexibility index (Phi) is 4.47. The minimum atomic E-state index is -0.419. The number of hydrogen-bond donors (Lipinski definition) is 0. The van der Waals surface area contributed by atoms with Gasteiger partial charge >= 0.3 is 0 Å². The van der Waals surface area contributed by atoms with Crippen molar-refractivity contribution in [1.29, 1.82) is 5.26 Å². The van der Waals surface area contributed by atoms with E-state index in [1.54, 1.807) is 30.3 Å². The molecule has 0 fully saturated rings. The van der Waals surface area contributed by atoms with Gasteiger partial charge in [0.1, 0.15) is 23.2 Å². The van der Waals surface area contributed by atoms with Gasteiger partial charge in [0.05, 0.1) is 7.11 Å². The van der Waals surface area contributed by atoms with Gasteiger partial charge in [-0.15, -0.1) is 0 Å². The summed E-state index contributed by atoms with van der Waals surface area (Å²) in [6, 6.07) is 14.0. The molecule has 3 nitrogen and oxygen atoms in total. The number of methoxy groups -OCH3 is 1. The Bertz CT molecular complexity index is 727. The van der Waals surface area contributed by atoms with Crippen LogP contribution in [0.3, 0.4) is 0 Å². The van der Waals surface area contributed by atoms with Crippen LogP contribution >= 0.6 is 0 Å². The summed E-state index contributed by atoms with van der Waals surface area (Å²) >= 11 is 0. The summed E-state index contributed by atoms with van der Waals surface area (Å²) in [5.74, 6) is -0.207. The fourth-order valence-electron chi connectivity index (χ4n) is 1.81. The minimum Gasteiger partial charge on any atom is -0.497 e. The van der Waals surface area contributed by atoms with Gasteiger partial charge in [0.15, 0.2) is 0 Å². The second kappa shape index (κ2) is 6.49. The molecular weight excluding hydrogens is 269 g/mol. The first-order chi connectivity index (χ1) is 10.1. The average molecular weight is 281 g/mol. The van der Waals surface area contributed by atoms with E-state index in [9.17, 15) is 9.18 Å². The fraction of sp³-hybridized carbons (Fsp3) is 0.0588. The quantitative estimate of drug-likeness (QED) is 0.488. The van der Waals surface area contributed by atoms with Gasteiger partial charge < -0.3 is 4.74 Å². The topological polar surface area (TPSA) is 50.1 Å². The number of Topliss-reactive ketones (excluding diaryl/α,β-unsaturated/α-hetero) is 1. The Morgan fingerprint density at radius 1 is 1.24 bits per heavy atom. The molecule has 104 valence electrons. The molecule has 2 rings (SSSR count). The van der Waals surface area contributed by atoms with Crippen LogP contribution in [0.15, 0.2) is 54.1 Å². The van der Waals surface area contributed by atoms with Crippen molar-refractivity contribution in [3.05, 3.63) is 71.0 Å². The van der Waals surface area contributed by atoms with E-state index >= 15 is 0 Å². The third-order valence-electron chi connectivity index (χ3n) is 2.88. The van der Waals surface area contributed by atoms with E-state index in [4.69, 9.17) is 10.00 Å². The Hall–Kier alpha value is -2.93. The molecule has 0 radical (unpaired) electrons. The molecule has 0 heterocycles. The highest BCUT2D eigenvalue weighted by Crippen LogP contribution is 2.16. The first-order valence-corrected chi connectivity index (χ1v) is 6.20. The smallest absolute Gasteiger partial charge is 0.203 e. The number of allylic oxidation sites excluding steroid dienone is 1. The highest BCUT2D eigenvalue weighted by Gasteiger charge is 2.12. The highest BCUT2D eigenvalue weighted by molar-refractivity contribution is 6.14. The summed E-state index contributed by atoms with van der Waals surface area (Å²) in [5, 5.41) is 9.13. The van der Waals surface area contributed by atoms with Crippen LogP contribution in [0.25, 0.3) is 6.08 Å². The number of rotatable bonds is 4. The molecule has 0 aliphatic rings. The van der Waals surface area contributed by atoms with Crippen LogP contribution in [-0.4, -0.2) is 12.9 Å². The largest absolute Gasteiger partial charge is 0.497 e. The molecule has 0 aliphatic heterocycles. The van der Waals surface area contributed by atoms with Gasteiger partial charge in [0.25, 0.3) is 0 Å². The van der Waals surface area contributed by atoms with Crippen molar-refractivity contribution in [3.63, 3.8) is 0 Å². The maximum Gasteiger partial charge on any atom is 0.203 e. The zero-order valence-electron chi connectivity index (χ0n) is 11.3. The molecule has 0 bridgehead atoms. The molecule has 2 aromatic carbocycles. The number of hydrogen-bond acceptors (Lipinski definition) is 3. The minimum absolute atomic E-state index is 0.0502. The van der Waals surface area contributed by atoms with Crippen LogP contribution in [0.5, 0.6) is 5.75 Å². The Balaban J connectivity index is 2.32. The SMILES string of the molecule is COc1ccc(C(=O)/C(C#N)=C\c2cccc(F)c2)cc1. The average Bonchev–Trinajstić information content (AvgIpc) is 2.52. The molecule has 0 N–H and O–H groups in total. The van der Waals surface area contributed by atoms with E-state index in [1.807, 2.05) is 6.07 Å². The van der Waals surface area contributed by atoms with Gasteiger partial charge in [0, 0.05) is 5.56 Å². The molecule has 21 heavy (non-hydrogen) atoms. The second-order valence-corrected chi connectivity index (χ2v) is 4.28. The second-order valence-electron chi connectivity index (χ2n) is 4.28. The van der Waals surface area contributed by atoms with Gasteiger partial charge in [-0.2, -0.15) is 5.26 Å². The summed E-state index contributed by atoms with van der Waals surface area (Å²) in [4.78, 5) is 12.2. The van der Waals surface area contributed by atoms with E-state index in [2.05, 4.69) is 0 Å². The lowest BCUT2D eigenvalue weighted by molar-refractivity contribution is 0.104. The molecular formula is C17H12FNO2. The van der Waals surface area contributed by atoms with Gasteiger partial charge in [-0.1, -0.05) is 12.1 Å². The molecule has 0 aliphatic carbocycles. The first kappa shape index (κ1) is 14.5. The molecule has 0 atom stereocenters. The van der Waals surface area contributed by atoms with Crippen LogP contribution in [0, 0.1) is 17.1 Å². The number of carbonyl (C=O) groups is 1. The molecule has 0 spiro atoms. The third-order valence-corrected chi connectivity index (χ3v) is 2.88. The van der Waals surface area contributed by atoms with Crippen LogP contribution in [0.2, 0.25) is 0 Å². The summed E-state index contributed by atoms with van der Waals surface area (Å²) < 4.78 is 18.1. The Labute approximate surface area is 121 Å². The maximum atomic E-state index is 13.1. The lowest BCUT2D eigenvalue weighted by Gasteiger charge is -2.02. The number of nitrogens with zero attached hydrogens (tertiary/aromatic N) is 1. The Morgan fingerprint density at radius 3 is 2.52 bits per heavy atom. The van der Waals surface area contributed by atoms with Crippen LogP contribution in [0.4, 0.5) is 4.39 Å². The number of ketones is 1. The van der Waals surface area contributed by atoms with Gasteiger partial charge in [0.2, 0.25) is 5.78 Å². The molecule has 4 heteroatoms. The zero-order valence-corrected chi connectivity index (χ0v) is 11.3. The maximum absolute atomic E-state index is 13.1. The highest BCUT2D eigenvalue weighted by atomic mass is 19.1. The summed E-state index contributed by atoms with van der Waals surface area (Å²) in [6.07, 6.45) is 1.37. The number of ether oxygens (including phenoxy) is 1. The number of halogens is 1. The lowest BCUT2D eigenvalue weighted by atomic mass is 10.0. The van der Waals surface area contributed by atoms with E-state index in [1.165, 1.54) is 31.4 Å². The van der Waals surface area contributed by atoms with Gasteiger partial charge in [-0.25, -0.2) is 4.39 Å². The summed E-state index contributed by atoms with van der Waals surface area (Å²) in [6.45, 7) is 0. The lowest BCUT2D eigenvalue weighted by Crippen LogP contribution is -2.01. The van der Waals surface area contributed by atoms with Gasteiger partial charge in [-0.05, 0) is 48.0 Å². The van der Waals surface area contributed by atoms with Gasteiger partial charge in [-0.3, -0.25) is 4.79 Å². The van der Waals surface area contributed by atoms with Crippen molar-refractivity contribution < 1.29 is 13.9 Å². The summed E-state index contributed by atoms with van der Waals surface area (Å²) in [5.41, 5.74) is 0.791. The predicted octanol–water partition coefficient (Wildman–Crippen LogP) is 3.62. The normalized spacial score (nSPS) is 10.8. The number of nitriles is 1. The monoisotopic (exact) mass is 281 g/mol. The van der Waals surface area contributed by atoms with Crippen LogP contribution in [0.1, 0.15) is 15.9 Å². The van der Waals surface area contributed by atoms with E-state index < -0.39 is 11.6 Å². The van der Waals surface area contributed by atoms with E-state index in [-0.39, 0.29) is 5.57 Å². The van der Waals surface area contributed by atoms with Crippen molar-refractivity contribution >= 4 is 11.9 Å². The number of benzene rings is 2. The molecule has 0 saturated carbocycles. The molecule has 2 aromatic rings. The van der Waals surface area contributed by atoms with Crippen molar-refractivity contribution in [1.82, 2.24) is 0 Å². The first-order valence-electron chi connectivity index (χ1n) is 6.20. The van der Waals surface area contributed by atoms with E-state index in [0.29, 0.717) is 16.9 Å². The van der Waals surface area contributed by atoms with Crippen molar-refractivity contribution in [2.75, 3.05) is 7.11 Å². The standard InChI is InChI=1S/C17H12FNO2/c1-21-16-7-5-13(6-8-16)17(20)14(11-19)9-12-3-2-4-15(18)10-12/h2-10H,1H3/b14-9-. The third kappa shape index (κ3) is 3.54. The fourth-order valence-corrected chi connectivity index (χ4v) is 1.81.